The fourth-order valence-corrected chi connectivity index (χ4v) is 5.40. The number of non-ortho nitro benzene ring substituents is 1. The number of carbonyl (C=O) groups excluding carboxylic acids is 1. The van der Waals surface area contributed by atoms with Crippen LogP contribution in [0, 0.1) is 38.2 Å². The summed E-state index contributed by atoms with van der Waals surface area (Å²) in [5, 5.41) is 32.6. The molecule has 1 fully saturated rings. The Morgan fingerprint density at radius 1 is 1.03 bits per heavy atom. The molecule has 5 rings (SSSR count). The highest BCUT2D eigenvalue weighted by atomic mass is 35.5. The first-order valence-corrected chi connectivity index (χ1v) is 11.2. The second-order valence-corrected chi connectivity index (χ2v) is 8.94. The van der Waals surface area contributed by atoms with Crippen molar-refractivity contribution in [2.24, 2.45) is 5.41 Å². The van der Waals surface area contributed by atoms with E-state index in [0.717, 1.165) is 5.56 Å². The molecule has 0 unspecified atom stereocenters. The molecule has 170 valence electrons. The smallest absolute Gasteiger partial charge is 0.269 e. The molecule has 0 N–H and O–H groups in total. The molecule has 7 nitrogen and oxygen atoms in total. The minimum absolute atomic E-state index is 0.116. The molecule has 8 heteroatoms. The Morgan fingerprint density at radius 2 is 1.71 bits per heavy atom. The predicted octanol–water partition coefficient (Wildman–Crippen LogP) is 5.53. The van der Waals surface area contributed by atoms with Gasteiger partial charge in [-0.1, -0.05) is 66.2 Å². The van der Waals surface area contributed by atoms with Gasteiger partial charge in [0.05, 0.1) is 23.1 Å². The van der Waals surface area contributed by atoms with Gasteiger partial charge >= 0.3 is 0 Å². The summed E-state index contributed by atoms with van der Waals surface area (Å²) in [6.07, 6.45) is 3.58. The molecule has 0 aromatic heterocycles. The van der Waals surface area contributed by atoms with Crippen molar-refractivity contribution in [3.05, 3.63) is 111 Å². The molecule has 0 aliphatic carbocycles. The number of halogens is 1. The summed E-state index contributed by atoms with van der Waals surface area (Å²) in [6.45, 7) is 0. The summed E-state index contributed by atoms with van der Waals surface area (Å²) in [5.41, 5.74) is 0.671. The molecule has 3 atom stereocenters. The van der Waals surface area contributed by atoms with Gasteiger partial charge in [-0.05, 0) is 29.3 Å². The maximum absolute atomic E-state index is 14.0. The van der Waals surface area contributed by atoms with E-state index < -0.39 is 28.3 Å². The Labute approximate surface area is 206 Å². The van der Waals surface area contributed by atoms with Gasteiger partial charge in [-0.2, -0.15) is 10.5 Å². The van der Waals surface area contributed by atoms with Gasteiger partial charge in [0.25, 0.3) is 5.69 Å². The first-order valence-electron chi connectivity index (χ1n) is 10.8. The lowest BCUT2D eigenvalue weighted by atomic mass is 9.69. The Balaban J connectivity index is 1.77. The van der Waals surface area contributed by atoms with Crippen molar-refractivity contribution in [2.75, 3.05) is 4.90 Å². The molecular formula is C27H17ClN4O3. The van der Waals surface area contributed by atoms with Gasteiger partial charge in [-0.15, -0.1) is 0 Å². The zero-order valence-electron chi connectivity index (χ0n) is 18.2. The van der Waals surface area contributed by atoms with Crippen LogP contribution in [-0.4, -0.2) is 22.8 Å². The largest absolute Gasteiger partial charge is 0.351 e. The van der Waals surface area contributed by atoms with Crippen LogP contribution in [0.1, 0.15) is 27.4 Å². The molecule has 0 spiro atoms. The highest BCUT2D eigenvalue weighted by Crippen LogP contribution is 2.55. The number of hydrogen-bond acceptors (Lipinski definition) is 6. The summed E-state index contributed by atoms with van der Waals surface area (Å²) in [7, 11) is 0. The normalized spacial score (nSPS) is 21.3. The Hall–Kier alpha value is -4.46. The number of anilines is 1. The molecule has 1 saturated heterocycles. The number of nitriles is 2. The van der Waals surface area contributed by atoms with Crippen LogP contribution in [0.25, 0.3) is 6.08 Å². The van der Waals surface area contributed by atoms with Crippen LogP contribution in [0.15, 0.2) is 78.9 Å². The lowest BCUT2D eigenvalue weighted by Crippen LogP contribution is -2.44. The highest BCUT2D eigenvalue weighted by molar-refractivity contribution is 6.30. The quantitative estimate of drug-likeness (QED) is 0.275. The lowest BCUT2D eigenvalue weighted by molar-refractivity contribution is -0.384. The van der Waals surface area contributed by atoms with Crippen LogP contribution < -0.4 is 4.90 Å². The summed E-state index contributed by atoms with van der Waals surface area (Å²) in [6, 6.07) is 22.5. The number of nitrogens with zero attached hydrogens (tertiary/aromatic N) is 4. The van der Waals surface area contributed by atoms with Crippen molar-refractivity contribution in [1.29, 1.82) is 10.5 Å². The minimum Gasteiger partial charge on any atom is -0.351 e. The van der Waals surface area contributed by atoms with E-state index >= 15 is 0 Å². The van der Waals surface area contributed by atoms with Crippen molar-refractivity contribution in [3.8, 4) is 12.1 Å². The molecular weight excluding hydrogens is 464 g/mol. The van der Waals surface area contributed by atoms with Crippen LogP contribution in [0.2, 0.25) is 5.02 Å². The number of benzene rings is 3. The number of hydrogen-bond donors (Lipinski definition) is 0. The molecule has 35 heavy (non-hydrogen) atoms. The van der Waals surface area contributed by atoms with E-state index in [1.54, 1.807) is 54.6 Å². The van der Waals surface area contributed by atoms with Crippen LogP contribution in [0.5, 0.6) is 0 Å². The number of carbonyl (C=O) groups is 1. The zero-order valence-corrected chi connectivity index (χ0v) is 19.0. The van der Waals surface area contributed by atoms with E-state index in [0.29, 0.717) is 21.8 Å². The number of nitro benzene ring substituents is 1. The summed E-state index contributed by atoms with van der Waals surface area (Å²) < 4.78 is 0. The summed E-state index contributed by atoms with van der Waals surface area (Å²) in [4.78, 5) is 26.6. The third-order valence-corrected chi connectivity index (χ3v) is 6.99. The van der Waals surface area contributed by atoms with E-state index in [9.17, 15) is 25.4 Å². The molecule has 0 amide bonds. The third kappa shape index (κ3) is 3.37. The second-order valence-electron chi connectivity index (χ2n) is 8.51. The van der Waals surface area contributed by atoms with Gasteiger partial charge in [0.2, 0.25) is 0 Å². The number of Topliss-reactive ketones (excluding diaryl/α,β-unsaturated/α-hetero) is 1. The number of fused-ring (bicyclic) bond motifs is 3. The molecule has 2 aliphatic rings. The molecule has 3 aromatic carbocycles. The first-order chi connectivity index (χ1) is 16.9. The van der Waals surface area contributed by atoms with Crippen LogP contribution in [-0.2, 0) is 0 Å². The first kappa shape index (κ1) is 22.3. The Bertz CT molecular complexity index is 1440. The van der Waals surface area contributed by atoms with Crippen molar-refractivity contribution < 1.29 is 9.72 Å². The van der Waals surface area contributed by atoms with Crippen LogP contribution in [0.4, 0.5) is 11.4 Å². The lowest BCUT2D eigenvalue weighted by Gasteiger charge is -2.35. The van der Waals surface area contributed by atoms with Gasteiger partial charge in [0, 0.05) is 34.3 Å². The fourth-order valence-electron chi connectivity index (χ4n) is 5.21. The summed E-state index contributed by atoms with van der Waals surface area (Å²) >= 11 is 6.21. The molecule has 0 radical (unpaired) electrons. The van der Waals surface area contributed by atoms with Crippen molar-refractivity contribution in [1.82, 2.24) is 0 Å². The monoisotopic (exact) mass is 480 g/mol. The topological polar surface area (TPSA) is 111 Å². The average Bonchev–Trinajstić information content (AvgIpc) is 3.19. The standard InChI is InChI=1S/C27H17ClN4O3/c28-20-9-12-22-19(14-20)8-13-23-27(15-29,16-30)24(17-6-10-21(11-7-17)32(34)35)25(31(22)23)26(33)18-4-2-1-3-5-18/h1-14,23-25H/t23-,24+,25-/m1/s1. The van der Waals surface area contributed by atoms with Gasteiger partial charge in [-0.3, -0.25) is 14.9 Å². The molecule has 0 bridgehead atoms. The average molecular weight is 481 g/mol. The number of nitro groups is 1. The maximum Gasteiger partial charge on any atom is 0.269 e. The van der Waals surface area contributed by atoms with Crippen molar-refractivity contribution in [2.45, 2.75) is 18.0 Å². The molecule has 3 aromatic rings. The van der Waals surface area contributed by atoms with Gasteiger partial charge in [0.1, 0.15) is 6.04 Å². The van der Waals surface area contributed by atoms with E-state index in [1.165, 1.54) is 24.3 Å². The Kier molecular flexibility index (Phi) is 5.36. The molecule has 2 aliphatic heterocycles. The Morgan fingerprint density at radius 3 is 2.34 bits per heavy atom. The fraction of sp³-hybridized carbons (Fsp3) is 0.148. The predicted molar refractivity (Wildman–Crippen MR) is 131 cm³/mol. The van der Waals surface area contributed by atoms with Gasteiger partial charge in [0.15, 0.2) is 11.2 Å². The highest BCUT2D eigenvalue weighted by Gasteiger charge is 2.63. The summed E-state index contributed by atoms with van der Waals surface area (Å²) in [5.74, 6) is -1.12. The van der Waals surface area contributed by atoms with Crippen molar-refractivity contribution in [3.63, 3.8) is 0 Å². The number of rotatable bonds is 4. The third-order valence-electron chi connectivity index (χ3n) is 6.76. The van der Waals surface area contributed by atoms with Gasteiger partial charge < -0.3 is 4.90 Å². The zero-order chi connectivity index (χ0) is 24.7. The molecule has 2 heterocycles. The van der Waals surface area contributed by atoms with E-state index in [2.05, 4.69) is 12.1 Å². The van der Waals surface area contributed by atoms with Crippen LogP contribution >= 0.6 is 11.6 Å². The second kappa shape index (κ2) is 8.39. The molecule has 0 saturated carbocycles. The van der Waals surface area contributed by atoms with Crippen molar-refractivity contribution >= 4 is 34.8 Å². The minimum atomic E-state index is -1.63. The van der Waals surface area contributed by atoms with E-state index in [4.69, 9.17) is 11.6 Å². The maximum atomic E-state index is 14.0. The number of ketones is 1. The SMILES string of the molecule is N#CC1(C#N)[C@@H](c2ccc([N+](=O)[O-])cc2)[C@H](C(=O)c2ccccc2)N2c3ccc(Cl)cc3C=C[C@@H]21. The van der Waals surface area contributed by atoms with Gasteiger partial charge in [-0.25, -0.2) is 0 Å². The van der Waals surface area contributed by atoms with E-state index in [1.807, 2.05) is 11.0 Å². The van der Waals surface area contributed by atoms with Crippen LogP contribution in [0.3, 0.4) is 0 Å². The van der Waals surface area contributed by atoms with E-state index in [-0.39, 0.29) is 11.5 Å².